The van der Waals surface area contributed by atoms with Crippen LogP contribution in [0.1, 0.15) is 6.92 Å². The maximum atomic E-state index is 10.6. The average Bonchev–Trinajstić information content (AvgIpc) is 2.87. The Morgan fingerprint density at radius 1 is 1.50 bits per heavy atom. The van der Waals surface area contributed by atoms with Crippen molar-refractivity contribution in [2.24, 2.45) is 0 Å². The Morgan fingerprint density at radius 3 is 2.79 bits per heavy atom. The molecule has 0 spiro atoms. The van der Waals surface area contributed by atoms with Crippen molar-refractivity contribution in [1.82, 2.24) is 0 Å². The van der Waals surface area contributed by atoms with Crippen LogP contribution in [-0.2, 0) is 14.3 Å². The molecule has 0 amide bonds. The summed E-state index contributed by atoms with van der Waals surface area (Å²) in [6, 6.07) is 0. The number of ether oxygens (including phenoxy) is 2. The maximum Gasteiger partial charge on any atom is 0.331 e. The predicted molar refractivity (Wildman–Crippen MR) is 51.0 cm³/mol. The van der Waals surface area contributed by atoms with E-state index in [0.717, 1.165) is 0 Å². The molecule has 0 radical (unpaired) electrons. The van der Waals surface area contributed by atoms with Gasteiger partial charge in [-0.25, -0.2) is 4.79 Å². The van der Waals surface area contributed by atoms with Gasteiger partial charge < -0.3 is 9.47 Å². The molecule has 2 atom stereocenters. The molecule has 0 N–H and O–H groups in total. The molecule has 0 aromatic heterocycles. The highest BCUT2D eigenvalue weighted by Crippen LogP contribution is 2.18. The van der Waals surface area contributed by atoms with Crippen LogP contribution in [0.3, 0.4) is 0 Å². The minimum Gasteiger partial charge on any atom is -0.466 e. The summed E-state index contributed by atoms with van der Waals surface area (Å²) < 4.78 is 9.41. The third-order valence-corrected chi connectivity index (χ3v) is 1.56. The van der Waals surface area contributed by atoms with Gasteiger partial charge in [0.15, 0.2) is 0 Å². The molecule has 1 aliphatic heterocycles. The number of carbonyl (C=O) groups is 1. The third kappa shape index (κ3) is 3.80. The molecule has 3 heteroatoms. The molecule has 14 heavy (non-hydrogen) atoms. The van der Waals surface area contributed by atoms with E-state index in [2.05, 4.69) is 28.4 Å². The van der Waals surface area contributed by atoms with E-state index in [1.165, 1.54) is 19.3 Å². The zero-order valence-electron chi connectivity index (χ0n) is 8.03. The lowest BCUT2D eigenvalue weighted by atomic mass is 10.3. The van der Waals surface area contributed by atoms with Crippen molar-refractivity contribution in [1.29, 1.82) is 0 Å². The second-order valence-electron chi connectivity index (χ2n) is 2.66. The quantitative estimate of drug-likeness (QED) is 0.262. The molecule has 72 valence electrons. The highest BCUT2D eigenvalue weighted by atomic mass is 16.6. The lowest BCUT2D eigenvalue weighted by Crippen LogP contribution is -1.92. The van der Waals surface area contributed by atoms with E-state index in [1.54, 1.807) is 0 Å². The van der Waals surface area contributed by atoms with Crippen LogP contribution in [-0.4, -0.2) is 25.3 Å². The smallest absolute Gasteiger partial charge is 0.331 e. The molecule has 0 unspecified atom stereocenters. The third-order valence-electron chi connectivity index (χ3n) is 1.56. The van der Waals surface area contributed by atoms with Crippen molar-refractivity contribution in [3.63, 3.8) is 0 Å². The van der Waals surface area contributed by atoms with Crippen LogP contribution in [0, 0.1) is 23.7 Å². The van der Waals surface area contributed by atoms with Crippen molar-refractivity contribution < 1.29 is 14.3 Å². The molecular weight excluding hydrogens is 180 g/mol. The first-order valence-corrected chi connectivity index (χ1v) is 4.15. The molecule has 1 aliphatic rings. The summed E-state index contributed by atoms with van der Waals surface area (Å²) in [5.41, 5.74) is 0. The van der Waals surface area contributed by atoms with Crippen LogP contribution in [0.25, 0.3) is 0 Å². The minimum absolute atomic E-state index is 0.0360. The first kappa shape index (κ1) is 10.4. The number of allylic oxidation sites excluding steroid dienone is 1. The van der Waals surface area contributed by atoms with E-state index in [-0.39, 0.29) is 12.2 Å². The summed E-state index contributed by atoms with van der Waals surface area (Å²) in [4.78, 5) is 10.6. The van der Waals surface area contributed by atoms with Gasteiger partial charge in [0.1, 0.15) is 6.10 Å². The lowest BCUT2D eigenvalue weighted by Gasteiger charge is -1.84. The molecule has 1 fully saturated rings. The Balaban J connectivity index is 2.29. The molecule has 3 nitrogen and oxygen atoms in total. The second kappa shape index (κ2) is 5.11. The van der Waals surface area contributed by atoms with E-state index in [4.69, 9.17) is 4.74 Å². The van der Waals surface area contributed by atoms with Gasteiger partial charge in [0, 0.05) is 6.08 Å². The molecule has 1 saturated heterocycles. The van der Waals surface area contributed by atoms with Crippen molar-refractivity contribution in [2.75, 3.05) is 7.11 Å². The normalized spacial score (nSPS) is 23.0. The van der Waals surface area contributed by atoms with Gasteiger partial charge in [-0.05, 0) is 24.8 Å². The Bertz CT molecular complexity index is 359. The van der Waals surface area contributed by atoms with E-state index in [1.807, 2.05) is 6.92 Å². The first-order valence-electron chi connectivity index (χ1n) is 4.15. The molecular formula is C11H10O3. The van der Waals surface area contributed by atoms with E-state index >= 15 is 0 Å². The van der Waals surface area contributed by atoms with Crippen LogP contribution < -0.4 is 0 Å². The van der Waals surface area contributed by atoms with Crippen LogP contribution in [0.15, 0.2) is 12.2 Å². The Hall–Kier alpha value is -1.71. The zero-order valence-corrected chi connectivity index (χ0v) is 8.03. The number of esters is 1. The fourth-order valence-corrected chi connectivity index (χ4v) is 0.700. The molecule has 0 saturated carbocycles. The van der Waals surface area contributed by atoms with Gasteiger partial charge in [-0.2, -0.15) is 0 Å². The van der Waals surface area contributed by atoms with Gasteiger partial charge in [-0.15, -0.1) is 0 Å². The Labute approximate surface area is 83.1 Å². The number of rotatable bonds is 1. The summed E-state index contributed by atoms with van der Waals surface area (Å²) in [5, 5.41) is 0. The van der Waals surface area contributed by atoms with Crippen LogP contribution in [0.4, 0.5) is 0 Å². The minimum atomic E-state index is -0.425. The Morgan fingerprint density at radius 2 is 2.21 bits per heavy atom. The van der Waals surface area contributed by atoms with Gasteiger partial charge in [-0.1, -0.05) is 11.8 Å². The number of hydrogen-bond acceptors (Lipinski definition) is 3. The standard InChI is InChI=1S/C11H10O3/c1-9-10(14-9)7-5-3-4-6-8-11(12)13-2/h6,8-10H,1-2H3/b8-6-/t9-,10+/m0/s1. The van der Waals surface area contributed by atoms with Crippen molar-refractivity contribution in [2.45, 2.75) is 19.1 Å². The van der Waals surface area contributed by atoms with Gasteiger partial charge in [0.2, 0.25) is 0 Å². The van der Waals surface area contributed by atoms with Gasteiger partial charge >= 0.3 is 5.97 Å². The van der Waals surface area contributed by atoms with Crippen LogP contribution in [0.5, 0.6) is 0 Å². The summed E-state index contributed by atoms with van der Waals surface area (Å²) in [6.45, 7) is 1.95. The molecule has 0 bridgehead atoms. The fourth-order valence-electron chi connectivity index (χ4n) is 0.700. The molecule has 1 rings (SSSR count). The molecule has 1 heterocycles. The topological polar surface area (TPSA) is 38.8 Å². The van der Waals surface area contributed by atoms with Gasteiger partial charge in [-0.3, -0.25) is 0 Å². The number of methoxy groups -OCH3 is 1. The summed E-state index contributed by atoms with van der Waals surface area (Å²) in [7, 11) is 1.31. The monoisotopic (exact) mass is 190 g/mol. The number of hydrogen-bond donors (Lipinski definition) is 0. The number of carbonyl (C=O) groups excluding carboxylic acids is 1. The molecule has 0 aromatic carbocycles. The van der Waals surface area contributed by atoms with E-state index < -0.39 is 5.97 Å². The van der Waals surface area contributed by atoms with Gasteiger partial charge in [0.05, 0.1) is 13.2 Å². The highest BCUT2D eigenvalue weighted by molar-refractivity contribution is 5.82. The number of epoxide rings is 1. The molecule has 0 aliphatic carbocycles. The van der Waals surface area contributed by atoms with Gasteiger partial charge in [0.25, 0.3) is 0 Å². The Kier molecular flexibility index (Phi) is 3.79. The largest absolute Gasteiger partial charge is 0.466 e. The second-order valence-corrected chi connectivity index (χ2v) is 2.66. The predicted octanol–water partition coefficient (Wildman–Crippen LogP) is 0.510. The average molecular weight is 190 g/mol. The SMILES string of the molecule is COC(=O)/C=C\C#CC#C[C@H]1O[C@H]1C. The zero-order chi connectivity index (χ0) is 10.4. The van der Waals surface area contributed by atoms with Crippen LogP contribution in [0.2, 0.25) is 0 Å². The fraction of sp³-hybridized carbons (Fsp3) is 0.364. The first-order chi connectivity index (χ1) is 6.74. The van der Waals surface area contributed by atoms with Crippen molar-refractivity contribution >= 4 is 5.97 Å². The van der Waals surface area contributed by atoms with E-state index in [0.29, 0.717) is 0 Å². The maximum absolute atomic E-state index is 10.6. The van der Waals surface area contributed by atoms with E-state index in [9.17, 15) is 4.79 Å². The summed E-state index contributed by atoms with van der Waals surface area (Å²) >= 11 is 0. The lowest BCUT2D eigenvalue weighted by molar-refractivity contribution is -0.134. The highest BCUT2D eigenvalue weighted by Gasteiger charge is 2.31. The van der Waals surface area contributed by atoms with Crippen molar-refractivity contribution in [3.8, 4) is 23.7 Å². The summed E-state index contributed by atoms with van der Waals surface area (Å²) in [6.07, 6.45) is 2.91. The van der Waals surface area contributed by atoms with Crippen molar-refractivity contribution in [3.05, 3.63) is 12.2 Å². The summed E-state index contributed by atoms with van der Waals surface area (Å²) in [5.74, 6) is 10.2. The van der Waals surface area contributed by atoms with Crippen LogP contribution >= 0.6 is 0 Å². The molecule has 0 aromatic rings.